The van der Waals surface area contributed by atoms with Gasteiger partial charge in [0.05, 0.1) is 5.88 Å². The molecule has 17 heavy (non-hydrogen) atoms. The van der Waals surface area contributed by atoms with Crippen LogP contribution in [0.15, 0.2) is 6.20 Å². The topological polar surface area (TPSA) is 22.1 Å². The fourth-order valence-corrected chi connectivity index (χ4v) is 2.27. The molecule has 0 saturated carbocycles. The van der Waals surface area contributed by atoms with Gasteiger partial charge in [-0.15, -0.1) is 24.8 Å². The average Bonchev–Trinajstić information content (AvgIpc) is 2.15. The van der Waals surface area contributed by atoms with Gasteiger partial charge < -0.3 is 4.74 Å². The van der Waals surface area contributed by atoms with Crippen LogP contribution in [0.25, 0.3) is 0 Å². The first-order chi connectivity index (χ1) is 7.76. The zero-order chi connectivity index (χ0) is 13.2. The van der Waals surface area contributed by atoms with E-state index < -0.39 is 30.1 Å². The second-order valence-corrected chi connectivity index (χ2v) is 4.14. The zero-order valence-corrected chi connectivity index (χ0v) is 10.8. The second-order valence-electron chi connectivity index (χ2n) is 2.79. The fraction of sp³-hybridized carbons (Fsp3) is 0.375. The van der Waals surface area contributed by atoms with E-state index in [1.165, 1.54) is 22.6 Å². The van der Waals surface area contributed by atoms with Crippen molar-refractivity contribution >= 4 is 34.2 Å². The highest BCUT2D eigenvalue weighted by molar-refractivity contribution is 14.1. The van der Waals surface area contributed by atoms with E-state index in [4.69, 9.17) is 11.6 Å². The summed E-state index contributed by atoms with van der Waals surface area (Å²) < 4.78 is 64.4. The molecule has 0 aliphatic rings. The van der Waals surface area contributed by atoms with Crippen molar-refractivity contribution in [2.75, 3.05) is 0 Å². The third-order valence-corrected chi connectivity index (χ3v) is 3.22. The van der Waals surface area contributed by atoms with Gasteiger partial charge in [-0.05, 0) is 22.6 Å². The molecule has 0 amide bonds. The van der Waals surface area contributed by atoms with Crippen LogP contribution in [0, 0.1) is 3.57 Å². The molecular formula is C8H4ClF5INO. The Morgan fingerprint density at radius 3 is 2.41 bits per heavy atom. The summed E-state index contributed by atoms with van der Waals surface area (Å²) >= 11 is 6.89. The molecule has 0 N–H and O–H groups in total. The lowest BCUT2D eigenvalue weighted by Crippen LogP contribution is -2.19. The van der Waals surface area contributed by atoms with Gasteiger partial charge >= 0.3 is 6.36 Å². The minimum Gasteiger partial charge on any atom is -0.387 e. The van der Waals surface area contributed by atoms with Crippen molar-refractivity contribution in [1.29, 1.82) is 0 Å². The molecule has 1 heterocycles. The Bertz CT molecular complexity index is 412. The van der Waals surface area contributed by atoms with Crippen LogP contribution in [0.4, 0.5) is 22.0 Å². The number of aromatic nitrogens is 1. The molecule has 0 unspecified atom stereocenters. The molecule has 1 aromatic rings. The summed E-state index contributed by atoms with van der Waals surface area (Å²) in [6.07, 6.45) is -7.14. The lowest BCUT2D eigenvalue weighted by Gasteiger charge is -2.14. The summed E-state index contributed by atoms with van der Waals surface area (Å²) in [5.41, 5.74) is -0.682. The van der Waals surface area contributed by atoms with E-state index in [0.717, 1.165) is 0 Å². The normalized spacial score (nSPS) is 12.0. The van der Waals surface area contributed by atoms with Gasteiger partial charge in [0.1, 0.15) is 0 Å². The fourth-order valence-electron chi connectivity index (χ4n) is 0.996. The van der Waals surface area contributed by atoms with Gasteiger partial charge in [0, 0.05) is 20.9 Å². The number of hydrogen-bond donors (Lipinski definition) is 0. The SMILES string of the molecule is FC(F)c1cnc(OC(F)(F)F)c(CCl)c1I. The third-order valence-electron chi connectivity index (χ3n) is 1.68. The summed E-state index contributed by atoms with van der Waals surface area (Å²) in [6, 6.07) is 0. The van der Waals surface area contributed by atoms with Crippen molar-refractivity contribution in [2.45, 2.75) is 18.7 Å². The van der Waals surface area contributed by atoms with Crippen LogP contribution in [-0.2, 0) is 5.88 Å². The molecule has 0 spiro atoms. The lowest BCUT2D eigenvalue weighted by molar-refractivity contribution is -0.276. The molecule has 0 saturated heterocycles. The minimum atomic E-state index is -4.94. The minimum absolute atomic E-state index is 0.0816. The van der Waals surface area contributed by atoms with Crippen molar-refractivity contribution in [1.82, 2.24) is 4.98 Å². The predicted molar refractivity (Wildman–Crippen MR) is 58.2 cm³/mol. The highest BCUT2D eigenvalue weighted by atomic mass is 127. The number of rotatable bonds is 3. The summed E-state index contributed by atoms with van der Waals surface area (Å²) in [6.45, 7) is 0. The first-order valence-corrected chi connectivity index (χ1v) is 5.64. The molecule has 2 nitrogen and oxygen atoms in total. The van der Waals surface area contributed by atoms with Gasteiger partial charge in [0.25, 0.3) is 6.43 Å². The Hall–Kier alpha value is -0.380. The van der Waals surface area contributed by atoms with Gasteiger partial charge in [-0.1, -0.05) is 0 Å². The molecular weight excluding hydrogens is 383 g/mol. The van der Waals surface area contributed by atoms with Crippen molar-refractivity contribution in [3.05, 3.63) is 20.9 Å². The quantitative estimate of drug-likeness (QED) is 0.439. The van der Waals surface area contributed by atoms with Crippen molar-refractivity contribution in [3.63, 3.8) is 0 Å². The zero-order valence-electron chi connectivity index (χ0n) is 7.86. The molecule has 1 rings (SSSR count). The molecule has 1 aromatic heterocycles. The first-order valence-electron chi connectivity index (χ1n) is 4.03. The van der Waals surface area contributed by atoms with E-state index in [1.54, 1.807) is 0 Å². The number of alkyl halides is 6. The van der Waals surface area contributed by atoms with Crippen molar-refractivity contribution in [2.24, 2.45) is 0 Å². The highest BCUT2D eigenvalue weighted by Gasteiger charge is 2.33. The van der Waals surface area contributed by atoms with Gasteiger partial charge in [-0.2, -0.15) is 0 Å². The lowest BCUT2D eigenvalue weighted by atomic mass is 10.2. The highest BCUT2D eigenvalue weighted by Crippen LogP contribution is 2.33. The van der Waals surface area contributed by atoms with E-state index in [-0.39, 0.29) is 9.13 Å². The third kappa shape index (κ3) is 3.80. The summed E-state index contributed by atoms with van der Waals surface area (Å²) in [5, 5.41) is 0. The van der Waals surface area contributed by atoms with Gasteiger partial charge in [-0.3, -0.25) is 0 Å². The summed E-state index contributed by atoms with van der Waals surface area (Å²) in [5.74, 6) is -1.21. The van der Waals surface area contributed by atoms with E-state index in [1.807, 2.05) is 0 Å². The standard InChI is InChI=1S/C8H4ClF5INO/c9-1-3-5(15)4(6(10)11)2-16-7(3)17-8(12,13)14/h2,6H,1H2. The first kappa shape index (κ1) is 14.7. The van der Waals surface area contributed by atoms with E-state index in [0.29, 0.717) is 6.20 Å². The maximum atomic E-state index is 12.5. The Morgan fingerprint density at radius 1 is 1.41 bits per heavy atom. The molecule has 9 heteroatoms. The van der Waals surface area contributed by atoms with Crippen LogP contribution in [0.5, 0.6) is 5.88 Å². The maximum absolute atomic E-state index is 12.5. The molecule has 0 bridgehead atoms. The molecule has 0 fully saturated rings. The predicted octanol–water partition coefficient (Wildman–Crippen LogP) is 4.26. The van der Waals surface area contributed by atoms with Crippen molar-refractivity contribution in [3.8, 4) is 5.88 Å². The van der Waals surface area contributed by atoms with E-state index in [2.05, 4.69) is 9.72 Å². The molecule has 0 aliphatic heterocycles. The number of halogens is 7. The summed E-state index contributed by atoms with van der Waals surface area (Å²) in [7, 11) is 0. The van der Waals surface area contributed by atoms with Crippen molar-refractivity contribution < 1.29 is 26.7 Å². The Labute approximate surface area is 111 Å². The van der Waals surface area contributed by atoms with Gasteiger partial charge in [-0.25, -0.2) is 13.8 Å². The van der Waals surface area contributed by atoms with Crippen LogP contribution in [0.2, 0.25) is 0 Å². The monoisotopic (exact) mass is 387 g/mol. The number of pyridine rings is 1. The van der Waals surface area contributed by atoms with Crippen LogP contribution in [0.3, 0.4) is 0 Å². The Morgan fingerprint density at radius 2 is 2.00 bits per heavy atom. The van der Waals surface area contributed by atoms with Gasteiger partial charge in [0.15, 0.2) is 0 Å². The van der Waals surface area contributed by atoms with Crippen LogP contribution < -0.4 is 4.74 Å². The number of nitrogens with zero attached hydrogens (tertiary/aromatic N) is 1. The molecule has 0 aliphatic carbocycles. The smallest absolute Gasteiger partial charge is 0.387 e. The Kier molecular flexibility index (Phi) is 4.76. The van der Waals surface area contributed by atoms with Crippen LogP contribution >= 0.6 is 34.2 Å². The molecule has 96 valence electrons. The van der Waals surface area contributed by atoms with Crippen LogP contribution in [0.1, 0.15) is 17.6 Å². The Balaban J connectivity index is 3.21. The average molecular weight is 387 g/mol. The maximum Gasteiger partial charge on any atom is 0.574 e. The van der Waals surface area contributed by atoms with Gasteiger partial charge in [0.2, 0.25) is 5.88 Å². The second kappa shape index (κ2) is 5.51. The largest absolute Gasteiger partial charge is 0.574 e. The number of hydrogen-bond acceptors (Lipinski definition) is 2. The van der Waals surface area contributed by atoms with E-state index in [9.17, 15) is 22.0 Å². The van der Waals surface area contributed by atoms with Crippen LogP contribution in [-0.4, -0.2) is 11.3 Å². The number of ether oxygens (including phenoxy) is 1. The molecule has 0 aromatic carbocycles. The molecule has 0 atom stereocenters. The summed E-state index contributed by atoms with van der Waals surface area (Å²) in [4.78, 5) is 3.21. The van der Waals surface area contributed by atoms with E-state index >= 15 is 0 Å². The molecule has 0 radical (unpaired) electrons.